The number of carbonyl (C=O) groups is 1. The number of carbonyl (C=O) groups excluding carboxylic acids is 1. The maximum absolute atomic E-state index is 13.3. The molecular weight excluding hydrogens is 437 g/mol. The summed E-state index contributed by atoms with van der Waals surface area (Å²) >= 11 is 5.94. The predicted molar refractivity (Wildman–Crippen MR) is 109 cm³/mol. The number of hydrogen-bond donors (Lipinski definition) is 3. The summed E-state index contributed by atoms with van der Waals surface area (Å²) in [4.78, 5) is 12.6. The Hall–Kier alpha value is -1.19. The number of hydrogen-bond acceptors (Lipinski definition) is 6. The molecule has 0 radical (unpaired) electrons. The van der Waals surface area contributed by atoms with Crippen molar-refractivity contribution in [1.82, 2.24) is 10.6 Å². The maximum atomic E-state index is 13.3. The average Bonchev–Trinajstić information content (AvgIpc) is 2.65. The summed E-state index contributed by atoms with van der Waals surface area (Å²) in [6.45, 7) is 3.26. The number of halogens is 4. The van der Waals surface area contributed by atoms with Gasteiger partial charge in [-0.15, -0.1) is 11.6 Å². The molecule has 3 rings (SSSR count). The summed E-state index contributed by atoms with van der Waals surface area (Å²) in [7, 11) is 0. The van der Waals surface area contributed by atoms with Crippen LogP contribution < -0.4 is 10.6 Å². The molecule has 0 aromatic carbocycles. The molecule has 3 N–H and O–H groups in total. The molecule has 1 saturated heterocycles. The molecule has 4 unspecified atom stereocenters. The second-order valence-electron chi connectivity index (χ2n) is 9.25. The Morgan fingerprint density at radius 2 is 1.87 bits per heavy atom. The molecule has 2 aliphatic carbocycles. The van der Waals surface area contributed by atoms with Gasteiger partial charge in [0.25, 0.3) is 0 Å². The first-order valence-corrected chi connectivity index (χ1v) is 11.4. The minimum Gasteiger partial charge on any atom is -0.430 e. The monoisotopic (exact) mass is 468 g/mol. The minimum absolute atomic E-state index is 0.0762. The zero-order valence-corrected chi connectivity index (χ0v) is 18.7. The van der Waals surface area contributed by atoms with E-state index in [4.69, 9.17) is 21.1 Å². The molecule has 4 atom stereocenters. The van der Waals surface area contributed by atoms with Crippen molar-refractivity contribution in [1.29, 1.82) is 0 Å². The van der Waals surface area contributed by atoms with Crippen molar-refractivity contribution >= 4 is 17.6 Å². The summed E-state index contributed by atoms with van der Waals surface area (Å²) in [6.07, 6.45) is -0.0435. The number of rotatable bonds is 5. The number of cyclic esters (lactones) is 1. The second kappa shape index (κ2) is 9.75. The molecule has 3 fully saturated rings. The minimum atomic E-state index is -4.34. The van der Waals surface area contributed by atoms with Gasteiger partial charge in [-0.05, 0) is 38.0 Å². The molecule has 10 heteroatoms. The van der Waals surface area contributed by atoms with Crippen LogP contribution in [0.3, 0.4) is 0 Å². The van der Waals surface area contributed by atoms with Crippen LogP contribution >= 0.6 is 11.6 Å². The number of aliphatic hydroxyl groups is 1. The Kier molecular flexibility index (Phi) is 7.69. The molecule has 1 aliphatic heterocycles. The van der Waals surface area contributed by atoms with Crippen LogP contribution in [0.2, 0.25) is 0 Å². The van der Waals surface area contributed by atoms with E-state index in [1.165, 1.54) is 13.8 Å². The van der Waals surface area contributed by atoms with Gasteiger partial charge in [-0.1, -0.05) is 19.3 Å². The van der Waals surface area contributed by atoms with Crippen molar-refractivity contribution in [3.8, 4) is 0 Å². The molecule has 178 valence electrons. The van der Waals surface area contributed by atoms with E-state index in [1.807, 2.05) is 0 Å². The third-order valence-electron chi connectivity index (χ3n) is 6.29. The van der Waals surface area contributed by atoms with Crippen molar-refractivity contribution in [3.63, 3.8) is 0 Å². The van der Waals surface area contributed by atoms with E-state index in [0.29, 0.717) is 6.42 Å². The van der Waals surface area contributed by atoms with Crippen molar-refractivity contribution in [3.05, 3.63) is 11.4 Å². The zero-order chi connectivity index (χ0) is 22.8. The fourth-order valence-corrected chi connectivity index (χ4v) is 4.99. The van der Waals surface area contributed by atoms with Crippen LogP contribution in [0.15, 0.2) is 11.4 Å². The highest BCUT2D eigenvalue weighted by atomic mass is 35.5. The van der Waals surface area contributed by atoms with Gasteiger partial charge in [-0.2, -0.15) is 13.2 Å². The Labute approximate surface area is 185 Å². The van der Waals surface area contributed by atoms with Gasteiger partial charge in [0.2, 0.25) is 5.79 Å². The number of alkyl halides is 4. The molecule has 6 nitrogen and oxygen atoms in total. The molecule has 0 amide bonds. The fourth-order valence-electron chi connectivity index (χ4n) is 4.62. The number of nitrogens with one attached hydrogen (secondary N) is 2. The maximum Gasteiger partial charge on any atom is 0.393 e. The lowest BCUT2D eigenvalue weighted by Gasteiger charge is -2.37. The molecule has 31 heavy (non-hydrogen) atoms. The van der Waals surface area contributed by atoms with Gasteiger partial charge in [0, 0.05) is 31.8 Å². The van der Waals surface area contributed by atoms with Gasteiger partial charge in [0.1, 0.15) is 11.4 Å². The van der Waals surface area contributed by atoms with Crippen LogP contribution in [-0.4, -0.2) is 47.3 Å². The third-order valence-corrected chi connectivity index (χ3v) is 6.81. The molecule has 0 aromatic rings. The average molecular weight is 469 g/mol. The normalized spacial score (nSPS) is 34.1. The number of aliphatic hydroxyl groups excluding tert-OH is 1. The fraction of sp³-hybridized carbons (Fsp3) is 0.857. The topological polar surface area (TPSA) is 79.8 Å². The summed E-state index contributed by atoms with van der Waals surface area (Å²) in [6, 6.07) is 0.0974. The SMILES string of the molecule is CC1(C)OC(=O)/C(=C(\NCC2CCC(Cl)C(C(F)(F)F)C2)NC2CCCCC2)C(O)O1. The molecule has 0 aromatic heterocycles. The van der Waals surface area contributed by atoms with Crippen molar-refractivity contribution in [2.45, 2.75) is 94.9 Å². The molecule has 0 bridgehead atoms. The first-order valence-electron chi connectivity index (χ1n) is 11.0. The lowest BCUT2D eigenvalue weighted by molar-refractivity contribution is -0.280. The quantitative estimate of drug-likeness (QED) is 0.322. The lowest BCUT2D eigenvalue weighted by atomic mass is 9.80. The first kappa shape index (κ1) is 24.5. The van der Waals surface area contributed by atoms with Crippen LogP contribution in [0.5, 0.6) is 0 Å². The van der Waals surface area contributed by atoms with Crippen LogP contribution in [0.25, 0.3) is 0 Å². The molecular formula is C21H32ClF3N2O4. The highest BCUT2D eigenvalue weighted by Gasteiger charge is 2.47. The summed E-state index contributed by atoms with van der Waals surface area (Å²) in [5.41, 5.74) is -0.0803. The number of ether oxygens (including phenoxy) is 2. The third kappa shape index (κ3) is 6.42. The van der Waals surface area contributed by atoms with E-state index >= 15 is 0 Å². The highest BCUT2D eigenvalue weighted by Crippen LogP contribution is 2.42. The van der Waals surface area contributed by atoms with Gasteiger partial charge in [0.05, 0.1) is 5.92 Å². The summed E-state index contributed by atoms with van der Waals surface area (Å²) < 4.78 is 50.6. The van der Waals surface area contributed by atoms with Gasteiger partial charge in [-0.3, -0.25) is 0 Å². The van der Waals surface area contributed by atoms with Gasteiger partial charge in [0.15, 0.2) is 6.29 Å². The Bertz CT molecular complexity index is 680. The predicted octanol–water partition coefficient (Wildman–Crippen LogP) is 3.92. The van der Waals surface area contributed by atoms with E-state index in [9.17, 15) is 23.1 Å². The highest BCUT2D eigenvalue weighted by molar-refractivity contribution is 6.20. The Balaban J connectivity index is 1.75. The van der Waals surface area contributed by atoms with Crippen molar-refractivity contribution in [2.24, 2.45) is 11.8 Å². The van der Waals surface area contributed by atoms with E-state index in [1.54, 1.807) is 0 Å². The lowest BCUT2D eigenvalue weighted by Crippen LogP contribution is -2.49. The van der Waals surface area contributed by atoms with E-state index < -0.39 is 35.5 Å². The van der Waals surface area contributed by atoms with Crippen LogP contribution in [0, 0.1) is 11.8 Å². The molecule has 3 aliphatic rings. The van der Waals surface area contributed by atoms with Gasteiger partial charge < -0.3 is 25.2 Å². The van der Waals surface area contributed by atoms with Gasteiger partial charge >= 0.3 is 12.1 Å². The Morgan fingerprint density at radius 3 is 2.48 bits per heavy atom. The van der Waals surface area contributed by atoms with E-state index in [0.717, 1.165) is 32.1 Å². The zero-order valence-electron chi connectivity index (χ0n) is 17.9. The van der Waals surface area contributed by atoms with E-state index in [-0.39, 0.29) is 42.7 Å². The summed E-state index contributed by atoms with van der Waals surface area (Å²) in [5.74, 6) is -3.52. The van der Waals surface area contributed by atoms with Crippen LogP contribution in [-0.2, 0) is 14.3 Å². The van der Waals surface area contributed by atoms with Crippen molar-refractivity contribution in [2.75, 3.05) is 6.54 Å². The molecule has 2 saturated carbocycles. The Morgan fingerprint density at radius 1 is 1.19 bits per heavy atom. The summed E-state index contributed by atoms with van der Waals surface area (Å²) in [5, 5.41) is 15.9. The van der Waals surface area contributed by atoms with Crippen LogP contribution in [0.4, 0.5) is 13.2 Å². The standard InChI is InChI=1S/C21H32ClF3N2O4/c1-20(2)30-18(28)16(19(29)31-20)17(27-13-6-4-3-5-7-13)26-11-12-8-9-15(22)14(10-12)21(23,24)25/h12-15,18,26-28H,3-11H2,1-2H3/b17-16+. The first-order chi connectivity index (χ1) is 14.5. The van der Waals surface area contributed by atoms with Crippen molar-refractivity contribution < 1.29 is 32.5 Å². The second-order valence-corrected chi connectivity index (χ2v) is 9.81. The van der Waals surface area contributed by atoms with Crippen LogP contribution in [0.1, 0.15) is 65.2 Å². The number of esters is 1. The smallest absolute Gasteiger partial charge is 0.393 e. The molecule has 0 spiro atoms. The largest absolute Gasteiger partial charge is 0.430 e. The van der Waals surface area contributed by atoms with Gasteiger partial charge in [-0.25, -0.2) is 4.79 Å². The van der Waals surface area contributed by atoms with E-state index in [2.05, 4.69) is 10.6 Å². The molecule has 1 heterocycles.